The van der Waals surface area contributed by atoms with E-state index in [0.29, 0.717) is 6.42 Å². The van der Waals surface area contributed by atoms with Crippen molar-refractivity contribution in [3.8, 4) is 0 Å². The summed E-state index contributed by atoms with van der Waals surface area (Å²) in [5.41, 5.74) is 0.221. The maximum Gasteiger partial charge on any atom is 0.0575 e. The van der Waals surface area contributed by atoms with Crippen molar-refractivity contribution >= 4 is 0 Å². The molecule has 0 saturated heterocycles. The number of rotatable bonds is 0. The Morgan fingerprint density at radius 2 is 3.00 bits per heavy atom. The van der Waals surface area contributed by atoms with Crippen LogP contribution in [0.5, 0.6) is 0 Å². The van der Waals surface area contributed by atoms with Crippen LogP contribution in [0, 0.1) is 5.89 Å². The van der Waals surface area contributed by atoms with Crippen LogP contribution < -0.4 is 0 Å². The summed E-state index contributed by atoms with van der Waals surface area (Å²) in [5.74, 6) is -1.99. The predicted molar refractivity (Wildman–Crippen MR) is 34.7 cm³/mol. The molecule has 0 spiro atoms. The van der Waals surface area contributed by atoms with E-state index in [1.165, 1.54) is 0 Å². The minimum absolute atomic E-state index is 0.0556. The molecule has 2 atom stereocenters. The molecule has 3 aliphatic rings. The lowest BCUT2D eigenvalue weighted by atomic mass is 9.78. The molecule has 2 unspecified atom stereocenters. The van der Waals surface area contributed by atoms with Gasteiger partial charge < -0.3 is 0 Å². The first-order valence-corrected chi connectivity index (χ1v) is 2.78. The highest BCUT2D eigenvalue weighted by Crippen LogP contribution is 2.36. The molecule has 0 aromatic heterocycles. The molecule has 3 rings (SSSR count). The number of hydrogen-bond acceptors (Lipinski definition) is 0. The molecule has 0 radical (unpaired) electrons. The second-order valence-corrected chi connectivity index (χ2v) is 2.04. The van der Waals surface area contributed by atoms with Crippen LogP contribution in [0.25, 0.3) is 0 Å². The summed E-state index contributed by atoms with van der Waals surface area (Å²) in [6.45, 7) is 0. The Morgan fingerprint density at radius 3 is 4.00 bits per heavy atom. The molecule has 0 aromatic carbocycles. The Kier molecular flexibility index (Phi) is 0.286. The highest BCUT2D eigenvalue weighted by molar-refractivity contribution is 5.10. The van der Waals surface area contributed by atoms with Crippen molar-refractivity contribution in [2.24, 2.45) is 5.89 Å². The van der Waals surface area contributed by atoms with Crippen molar-refractivity contribution in [2.45, 2.75) is 32.0 Å². The molecule has 0 aliphatic heterocycles. The molecule has 0 amide bonds. The molecular weight excluding hydrogens is 96.1 g/mol. The molecule has 2 bridgehead atoms. The van der Waals surface area contributed by atoms with Gasteiger partial charge in [0.15, 0.2) is 0 Å². The quantitative estimate of drug-likeness (QED) is 0.425. The zero-order chi connectivity index (χ0) is 11.6. The third-order valence-corrected chi connectivity index (χ3v) is 1.44. The van der Waals surface area contributed by atoms with Gasteiger partial charge in [-0.15, -0.1) is 0 Å². The minimum Gasteiger partial charge on any atom is -0.0851 e. The Balaban J connectivity index is 2.70. The van der Waals surface area contributed by atoms with Gasteiger partial charge in [-0.2, -0.15) is 0 Å². The van der Waals surface area contributed by atoms with Crippen molar-refractivity contribution in [3.05, 3.63) is 11.6 Å². The predicted octanol–water partition coefficient (Wildman–Crippen LogP) is 2.51. The van der Waals surface area contributed by atoms with Crippen LogP contribution in [-0.4, -0.2) is 0 Å². The maximum absolute atomic E-state index is 7.95. The normalized spacial score (nSPS) is 80.0. The van der Waals surface area contributed by atoms with Crippen molar-refractivity contribution in [1.29, 1.82) is 0 Å². The van der Waals surface area contributed by atoms with Gasteiger partial charge in [-0.05, 0) is 37.9 Å². The van der Waals surface area contributed by atoms with Gasteiger partial charge in [0.2, 0.25) is 0 Å². The Hall–Kier alpha value is -0.260. The first-order chi connectivity index (χ1) is 6.66. The van der Waals surface area contributed by atoms with Gasteiger partial charge in [0.25, 0.3) is 0 Å². The minimum atomic E-state index is -2.28. The van der Waals surface area contributed by atoms with Crippen LogP contribution in [0.2, 0.25) is 0 Å². The Bertz CT molecular complexity index is 345. The molecule has 0 aromatic rings. The second kappa shape index (κ2) is 1.61. The van der Waals surface area contributed by atoms with E-state index in [1.807, 2.05) is 0 Å². The van der Waals surface area contributed by atoms with E-state index in [4.69, 9.17) is 9.60 Å². The van der Waals surface area contributed by atoms with Gasteiger partial charge >= 0.3 is 0 Å². The first-order valence-electron chi connectivity index (χ1n) is 6.36. The Labute approximate surface area is 60.4 Å². The lowest BCUT2D eigenvalue weighted by Gasteiger charge is -2.28. The van der Waals surface area contributed by atoms with Crippen molar-refractivity contribution < 1.29 is 9.60 Å². The highest BCUT2D eigenvalue weighted by Gasteiger charge is 2.19. The average Bonchev–Trinajstić information content (AvgIpc) is 2.12. The third kappa shape index (κ3) is 0.594. The van der Waals surface area contributed by atoms with Gasteiger partial charge in [0, 0.05) is 8.22 Å². The lowest BCUT2D eigenvalue weighted by molar-refractivity contribution is 0.384. The van der Waals surface area contributed by atoms with Crippen LogP contribution in [0.4, 0.5) is 0 Å². The fraction of sp³-hybridized carbons (Fsp3) is 0.750. The standard InChI is InChI=1S/C8H12/c1-2-8-5-3-7(1)4-6-8/h1,8H,2-6H2/i1D,2D2,3D,5D2,8D. The van der Waals surface area contributed by atoms with Gasteiger partial charge in [-0.25, -0.2) is 0 Å². The summed E-state index contributed by atoms with van der Waals surface area (Å²) in [6, 6.07) is -0.348. The molecule has 1 saturated carbocycles. The molecule has 1 fully saturated rings. The summed E-state index contributed by atoms with van der Waals surface area (Å²) in [4.78, 5) is 0. The van der Waals surface area contributed by atoms with E-state index in [9.17, 15) is 0 Å². The van der Waals surface area contributed by atoms with Crippen LogP contribution >= 0.6 is 0 Å². The summed E-state index contributed by atoms with van der Waals surface area (Å²) in [5, 5.41) is 0. The van der Waals surface area contributed by atoms with Gasteiger partial charge in [-0.3, -0.25) is 0 Å². The maximum atomic E-state index is 7.95. The largest absolute Gasteiger partial charge is 0.0851 e. The summed E-state index contributed by atoms with van der Waals surface area (Å²) < 4.78 is 53.9. The molecule has 0 N–H and O–H groups in total. The van der Waals surface area contributed by atoms with E-state index in [2.05, 4.69) is 0 Å². The van der Waals surface area contributed by atoms with E-state index in [1.54, 1.807) is 0 Å². The highest BCUT2D eigenvalue weighted by atomic mass is 14.2. The van der Waals surface area contributed by atoms with E-state index >= 15 is 0 Å². The van der Waals surface area contributed by atoms with Gasteiger partial charge in [0.1, 0.15) is 0 Å². The zero-order valence-corrected chi connectivity index (χ0v) is 4.49. The second-order valence-electron chi connectivity index (χ2n) is 2.04. The smallest absolute Gasteiger partial charge is 0.0575 e. The first kappa shape index (κ1) is 1.42. The van der Waals surface area contributed by atoms with Crippen LogP contribution in [-0.2, 0) is 0 Å². The molecule has 8 heavy (non-hydrogen) atoms. The monoisotopic (exact) mass is 115 g/mol. The topological polar surface area (TPSA) is 0 Å². The third-order valence-electron chi connectivity index (χ3n) is 1.44. The molecule has 3 aliphatic carbocycles. The number of fused-ring (bicyclic) bond motifs is 3. The SMILES string of the molecule is [2H]C1=C2CCC([2H])(C1([2H])[2H])C([2H])([2H])C2[2H]. The van der Waals surface area contributed by atoms with Gasteiger partial charge in [-0.1, -0.05) is 11.6 Å². The average molecular weight is 115 g/mol. The van der Waals surface area contributed by atoms with Crippen molar-refractivity contribution in [2.75, 3.05) is 0 Å². The van der Waals surface area contributed by atoms with Crippen LogP contribution in [0.3, 0.4) is 0 Å². The van der Waals surface area contributed by atoms with E-state index < -0.39 is 25.0 Å². The molecular formula is C8H12. The number of allylic oxidation sites excluding steroid dienone is 2. The molecule has 0 heterocycles. The van der Waals surface area contributed by atoms with Gasteiger partial charge in [0.05, 0.1) is 1.37 Å². The van der Waals surface area contributed by atoms with Crippen molar-refractivity contribution in [1.82, 2.24) is 0 Å². The fourth-order valence-electron chi connectivity index (χ4n) is 0.931. The molecule has 44 valence electrons. The van der Waals surface area contributed by atoms with Crippen LogP contribution in [0.15, 0.2) is 11.6 Å². The molecule has 0 nitrogen and oxygen atoms in total. The summed E-state index contributed by atoms with van der Waals surface area (Å²) >= 11 is 0. The molecule has 0 heteroatoms. The number of hydrogen-bond donors (Lipinski definition) is 0. The zero-order valence-electron chi connectivity index (χ0n) is 11.5. The van der Waals surface area contributed by atoms with Crippen LogP contribution in [0.1, 0.15) is 41.6 Å². The Morgan fingerprint density at radius 1 is 2.00 bits per heavy atom. The fourth-order valence-corrected chi connectivity index (χ4v) is 0.931. The van der Waals surface area contributed by atoms with Crippen molar-refractivity contribution in [3.63, 3.8) is 0 Å². The summed E-state index contributed by atoms with van der Waals surface area (Å²) in [6.07, 6.45) is -5.40. The summed E-state index contributed by atoms with van der Waals surface area (Å²) in [7, 11) is 0. The lowest BCUT2D eigenvalue weighted by Crippen LogP contribution is -2.12. The van der Waals surface area contributed by atoms with E-state index in [0.717, 1.165) is 0 Å². The van der Waals surface area contributed by atoms with E-state index in [-0.39, 0.29) is 18.0 Å².